The fourth-order valence-corrected chi connectivity index (χ4v) is 3.50. The topological polar surface area (TPSA) is 72.9 Å². The summed E-state index contributed by atoms with van der Waals surface area (Å²) in [4.78, 5) is 27.9. The molecule has 0 aromatic rings. The predicted octanol–water partition coefficient (Wildman–Crippen LogP) is 0.742. The van der Waals surface area contributed by atoms with Gasteiger partial charge in [-0.3, -0.25) is 14.5 Å². The molecule has 2 heterocycles. The van der Waals surface area contributed by atoms with Gasteiger partial charge in [0.1, 0.15) is 0 Å². The normalized spacial score (nSPS) is 23.6. The van der Waals surface area contributed by atoms with Gasteiger partial charge in [0.2, 0.25) is 11.8 Å². The Morgan fingerprint density at radius 3 is 2.78 bits per heavy atom. The zero-order valence-electron chi connectivity index (χ0n) is 14.1. The highest BCUT2D eigenvalue weighted by Gasteiger charge is 2.21. The van der Waals surface area contributed by atoms with Crippen molar-refractivity contribution in [3.63, 3.8) is 0 Å². The number of aliphatic hydroxyl groups is 1. The van der Waals surface area contributed by atoms with Crippen LogP contribution in [0.15, 0.2) is 0 Å². The maximum absolute atomic E-state index is 12.0. The van der Waals surface area contributed by atoms with Gasteiger partial charge in [0, 0.05) is 45.1 Å². The summed E-state index contributed by atoms with van der Waals surface area (Å²) in [6.07, 6.45) is 7.53. The molecule has 6 heteroatoms. The van der Waals surface area contributed by atoms with Crippen molar-refractivity contribution in [2.75, 3.05) is 39.3 Å². The number of carbonyl (C=O) groups is 2. The molecule has 0 aromatic carbocycles. The quantitative estimate of drug-likeness (QED) is 0.724. The summed E-state index contributed by atoms with van der Waals surface area (Å²) in [5.41, 5.74) is 0. The van der Waals surface area contributed by atoms with E-state index in [0.29, 0.717) is 25.9 Å². The molecule has 0 spiro atoms. The Hall–Kier alpha value is -1.14. The van der Waals surface area contributed by atoms with Gasteiger partial charge in [0.15, 0.2) is 0 Å². The number of hydrogen-bond donors (Lipinski definition) is 2. The molecule has 1 atom stereocenters. The average Bonchev–Trinajstić information content (AvgIpc) is 2.77. The summed E-state index contributed by atoms with van der Waals surface area (Å²) < 4.78 is 0. The van der Waals surface area contributed by atoms with Gasteiger partial charge >= 0.3 is 0 Å². The molecule has 6 nitrogen and oxygen atoms in total. The molecule has 2 rings (SSSR count). The molecule has 2 aliphatic heterocycles. The average molecular weight is 325 g/mol. The largest absolute Gasteiger partial charge is 0.395 e. The van der Waals surface area contributed by atoms with Gasteiger partial charge in [-0.25, -0.2) is 0 Å². The monoisotopic (exact) mass is 325 g/mol. The number of hydrogen-bond acceptors (Lipinski definition) is 4. The zero-order valence-corrected chi connectivity index (χ0v) is 14.1. The molecule has 0 aromatic heterocycles. The first kappa shape index (κ1) is 18.2. The van der Waals surface area contributed by atoms with Gasteiger partial charge in [0.25, 0.3) is 0 Å². The van der Waals surface area contributed by atoms with Crippen molar-refractivity contribution in [1.82, 2.24) is 15.1 Å². The van der Waals surface area contributed by atoms with E-state index in [1.54, 1.807) is 0 Å². The number of aliphatic hydroxyl groups excluding tert-OH is 1. The Bertz CT molecular complexity index is 389. The van der Waals surface area contributed by atoms with E-state index in [1.807, 2.05) is 4.90 Å². The van der Waals surface area contributed by atoms with Crippen LogP contribution in [0.2, 0.25) is 0 Å². The third-order valence-corrected chi connectivity index (χ3v) is 4.96. The van der Waals surface area contributed by atoms with Gasteiger partial charge in [-0.1, -0.05) is 12.8 Å². The maximum Gasteiger partial charge on any atom is 0.222 e. The molecule has 0 aliphatic carbocycles. The molecule has 0 bridgehead atoms. The minimum absolute atomic E-state index is 0.0135. The molecule has 2 N–H and O–H groups in total. The Kier molecular flexibility index (Phi) is 7.82. The van der Waals surface area contributed by atoms with Crippen LogP contribution in [0.3, 0.4) is 0 Å². The number of nitrogens with zero attached hydrogens (tertiary/aromatic N) is 2. The lowest BCUT2D eigenvalue weighted by Gasteiger charge is -2.34. The Morgan fingerprint density at radius 1 is 1.13 bits per heavy atom. The van der Waals surface area contributed by atoms with Crippen LogP contribution in [0, 0.1) is 0 Å². The lowest BCUT2D eigenvalue weighted by atomic mass is 10.0. The standard InChI is InChI=1S/C17H31N3O3/c21-14-15-6-3-5-10-19(15)13-9-18-16(22)8-12-20-11-4-1-2-7-17(20)23/h15,21H,1-14H2,(H,18,22)/t15-/m0/s1. The lowest BCUT2D eigenvalue weighted by Crippen LogP contribution is -2.45. The second-order valence-corrected chi connectivity index (χ2v) is 6.66. The fraction of sp³-hybridized carbons (Fsp3) is 0.882. The first-order valence-electron chi connectivity index (χ1n) is 9.10. The SMILES string of the molecule is O=C(CCN1CCCCCC1=O)NCCN1CCCC[C@H]1CO. The Labute approximate surface area is 139 Å². The third-order valence-electron chi connectivity index (χ3n) is 4.96. The number of nitrogens with one attached hydrogen (secondary N) is 1. The maximum atomic E-state index is 12.0. The third kappa shape index (κ3) is 6.11. The van der Waals surface area contributed by atoms with Crippen LogP contribution in [0.25, 0.3) is 0 Å². The summed E-state index contributed by atoms with van der Waals surface area (Å²) in [5.74, 6) is 0.203. The van der Waals surface area contributed by atoms with Crippen molar-refractivity contribution >= 4 is 11.8 Å². The first-order chi connectivity index (χ1) is 11.2. The van der Waals surface area contributed by atoms with Crippen molar-refractivity contribution < 1.29 is 14.7 Å². The molecule has 2 amide bonds. The van der Waals surface area contributed by atoms with Crippen LogP contribution in [0.5, 0.6) is 0 Å². The van der Waals surface area contributed by atoms with Crippen LogP contribution in [-0.4, -0.2) is 72.1 Å². The summed E-state index contributed by atoms with van der Waals surface area (Å²) >= 11 is 0. The van der Waals surface area contributed by atoms with Gasteiger partial charge in [-0.2, -0.15) is 0 Å². The van der Waals surface area contributed by atoms with E-state index in [0.717, 1.165) is 45.3 Å². The minimum atomic E-state index is 0.0135. The highest BCUT2D eigenvalue weighted by Crippen LogP contribution is 2.15. The van der Waals surface area contributed by atoms with Gasteiger partial charge in [-0.05, 0) is 32.2 Å². The second-order valence-electron chi connectivity index (χ2n) is 6.66. The van der Waals surface area contributed by atoms with Gasteiger partial charge in [0.05, 0.1) is 6.61 Å². The van der Waals surface area contributed by atoms with Crippen LogP contribution in [0.1, 0.15) is 51.4 Å². The van der Waals surface area contributed by atoms with E-state index in [2.05, 4.69) is 10.2 Å². The second kappa shape index (κ2) is 9.88. The van der Waals surface area contributed by atoms with Crippen LogP contribution < -0.4 is 5.32 Å². The van der Waals surface area contributed by atoms with Crippen molar-refractivity contribution in [3.05, 3.63) is 0 Å². The van der Waals surface area contributed by atoms with E-state index in [9.17, 15) is 14.7 Å². The van der Waals surface area contributed by atoms with Crippen LogP contribution >= 0.6 is 0 Å². The van der Waals surface area contributed by atoms with Crippen molar-refractivity contribution in [2.24, 2.45) is 0 Å². The van der Waals surface area contributed by atoms with Crippen LogP contribution in [0.4, 0.5) is 0 Å². The molecular weight excluding hydrogens is 294 g/mol. The van der Waals surface area contributed by atoms with E-state index in [4.69, 9.17) is 0 Å². The number of amides is 2. The molecule has 132 valence electrons. The highest BCUT2D eigenvalue weighted by molar-refractivity contribution is 5.79. The Morgan fingerprint density at radius 2 is 1.96 bits per heavy atom. The number of carbonyl (C=O) groups excluding carboxylic acids is 2. The number of likely N-dealkylation sites (tertiary alicyclic amines) is 2. The number of rotatable bonds is 7. The lowest BCUT2D eigenvalue weighted by molar-refractivity contribution is -0.131. The molecule has 2 aliphatic rings. The summed E-state index contributed by atoms with van der Waals surface area (Å²) in [6, 6.07) is 0.246. The summed E-state index contributed by atoms with van der Waals surface area (Å²) in [7, 11) is 0. The van der Waals surface area contributed by atoms with Crippen molar-refractivity contribution in [1.29, 1.82) is 0 Å². The van der Waals surface area contributed by atoms with Crippen molar-refractivity contribution in [3.8, 4) is 0 Å². The smallest absolute Gasteiger partial charge is 0.222 e. The molecule has 23 heavy (non-hydrogen) atoms. The fourth-order valence-electron chi connectivity index (χ4n) is 3.50. The summed E-state index contributed by atoms with van der Waals surface area (Å²) in [5, 5.41) is 12.3. The predicted molar refractivity (Wildman–Crippen MR) is 89.0 cm³/mol. The van der Waals surface area contributed by atoms with Gasteiger partial charge in [-0.15, -0.1) is 0 Å². The zero-order chi connectivity index (χ0) is 16.5. The molecule has 2 fully saturated rings. The van der Waals surface area contributed by atoms with E-state index >= 15 is 0 Å². The van der Waals surface area contributed by atoms with Crippen molar-refractivity contribution in [2.45, 2.75) is 57.4 Å². The highest BCUT2D eigenvalue weighted by atomic mass is 16.3. The molecule has 0 radical (unpaired) electrons. The minimum Gasteiger partial charge on any atom is -0.395 e. The Balaban J connectivity index is 1.62. The molecule has 0 unspecified atom stereocenters. The molecular formula is C17H31N3O3. The van der Waals surface area contributed by atoms with Gasteiger partial charge < -0.3 is 15.3 Å². The molecule has 0 saturated carbocycles. The summed E-state index contributed by atoms with van der Waals surface area (Å²) in [6.45, 7) is 3.93. The van der Waals surface area contributed by atoms with Crippen LogP contribution in [-0.2, 0) is 9.59 Å². The van der Waals surface area contributed by atoms with E-state index in [1.165, 1.54) is 12.8 Å². The first-order valence-corrected chi connectivity index (χ1v) is 9.10. The van der Waals surface area contributed by atoms with E-state index in [-0.39, 0.29) is 24.5 Å². The number of piperidine rings is 1. The molecule has 2 saturated heterocycles. The van der Waals surface area contributed by atoms with E-state index < -0.39 is 0 Å².